The van der Waals surface area contributed by atoms with Crippen molar-refractivity contribution in [2.45, 2.75) is 42.9 Å². The fourth-order valence-electron chi connectivity index (χ4n) is 4.16. The minimum Gasteiger partial charge on any atom is -0.352 e. The van der Waals surface area contributed by atoms with E-state index in [1.807, 2.05) is 43.3 Å². The highest BCUT2D eigenvalue weighted by atomic mass is 35.5. The third-order valence-electron chi connectivity index (χ3n) is 5.74. The van der Waals surface area contributed by atoms with Crippen molar-refractivity contribution in [1.82, 2.24) is 10.2 Å². The molecule has 1 unspecified atom stereocenters. The van der Waals surface area contributed by atoms with E-state index >= 15 is 0 Å². The Morgan fingerprint density at radius 1 is 1.27 bits per heavy atom. The number of fused-ring (bicyclic) bond motifs is 2. The molecule has 2 aromatic rings. The molecular formula is C24H28ClN3OS. The number of likely N-dealkylation sites (tertiary alicyclic amines) is 1. The Hall–Kier alpha value is -1.82. The first kappa shape index (κ1) is 21.4. The Kier molecular flexibility index (Phi) is 6.81. The van der Waals surface area contributed by atoms with Gasteiger partial charge in [0, 0.05) is 44.7 Å². The number of nitrogens with zero attached hydrogens (tertiary/aromatic N) is 2. The van der Waals surface area contributed by atoms with Crippen LogP contribution in [0.4, 0.5) is 5.69 Å². The molecule has 1 atom stereocenters. The SMILES string of the molecule is CC1=Nc2cc(C(=O)NCCCN3CCCC(C)C3)ccc2Sc2ccc(Cl)cc21. The zero-order valence-corrected chi connectivity index (χ0v) is 19.2. The molecule has 1 fully saturated rings. The lowest BCUT2D eigenvalue weighted by atomic mass is 10.0. The summed E-state index contributed by atoms with van der Waals surface area (Å²) in [6.45, 7) is 8.42. The molecule has 2 aromatic carbocycles. The highest BCUT2D eigenvalue weighted by molar-refractivity contribution is 7.99. The predicted octanol–water partition coefficient (Wildman–Crippen LogP) is 5.80. The van der Waals surface area contributed by atoms with Crippen LogP contribution in [0.5, 0.6) is 0 Å². The molecule has 0 aromatic heterocycles. The van der Waals surface area contributed by atoms with Gasteiger partial charge in [-0.15, -0.1) is 0 Å². The summed E-state index contributed by atoms with van der Waals surface area (Å²) in [4.78, 5) is 22.1. The number of hydrogen-bond acceptors (Lipinski definition) is 4. The lowest BCUT2D eigenvalue weighted by Gasteiger charge is -2.30. The van der Waals surface area contributed by atoms with E-state index in [2.05, 4.69) is 17.1 Å². The van der Waals surface area contributed by atoms with Gasteiger partial charge in [-0.2, -0.15) is 0 Å². The molecule has 4 rings (SSSR count). The summed E-state index contributed by atoms with van der Waals surface area (Å²) in [5, 5.41) is 3.77. The Balaban J connectivity index is 1.38. The molecule has 2 heterocycles. The summed E-state index contributed by atoms with van der Waals surface area (Å²) in [6.07, 6.45) is 3.60. The van der Waals surface area contributed by atoms with Crippen LogP contribution in [0.2, 0.25) is 5.02 Å². The number of carbonyl (C=O) groups is 1. The van der Waals surface area contributed by atoms with Gasteiger partial charge in [0.25, 0.3) is 5.91 Å². The van der Waals surface area contributed by atoms with E-state index in [9.17, 15) is 4.79 Å². The highest BCUT2D eigenvalue weighted by Gasteiger charge is 2.18. The number of hydrogen-bond donors (Lipinski definition) is 1. The van der Waals surface area contributed by atoms with Crippen molar-refractivity contribution in [3.05, 3.63) is 52.5 Å². The van der Waals surface area contributed by atoms with Crippen LogP contribution in [0.3, 0.4) is 0 Å². The maximum atomic E-state index is 12.7. The summed E-state index contributed by atoms with van der Waals surface area (Å²) in [5.74, 6) is 0.754. The van der Waals surface area contributed by atoms with Gasteiger partial charge >= 0.3 is 0 Å². The number of aliphatic imine (C=N–C) groups is 1. The van der Waals surface area contributed by atoms with Crippen molar-refractivity contribution >= 4 is 40.7 Å². The molecule has 6 heteroatoms. The average molecular weight is 442 g/mol. The first-order chi connectivity index (χ1) is 14.5. The monoisotopic (exact) mass is 441 g/mol. The molecule has 4 nitrogen and oxygen atoms in total. The minimum absolute atomic E-state index is 0.0347. The van der Waals surface area contributed by atoms with E-state index in [-0.39, 0.29) is 5.91 Å². The van der Waals surface area contributed by atoms with Crippen molar-refractivity contribution < 1.29 is 4.79 Å². The van der Waals surface area contributed by atoms with Gasteiger partial charge < -0.3 is 10.2 Å². The van der Waals surface area contributed by atoms with Gasteiger partial charge in [-0.25, -0.2) is 0 Å². The molecule has 1 N–H and O–H groups in total. The number of nitrogens with one attached hydrogen (secondary N) is 1. The van der Waals surface area contributed by atoms with Gasteiger partial charge in [0.2, 0.25) is 0 Å². The zero-order valence-electron chi connectivity index (χ0n) is 17.6. The molecule has 0 spiro atoms. The lowest BCUT2D eigenvalue weighted by molar-refractivity contribution is 0.0950. The standard InChI is InChI=1S/C24H28ClN3OS/c1-16-5-3-11-28(15-16)12-4-10-26-24(29)18-6-8-23-21(13-18)27-17(2)20-14-19(25)7-9-22(20)30-23/h6-9,13-14,16H,3-5,10-12,15H2,1-2H3,(H,26,29). The van der Waals surface area contributed by atoms with Gasteiger partial charge in [0.1, 0.15) is 0 Å². The number of carbonyl (C=O) groups excluding carboxylic acids is 1. The average Bonchev–Trinajstić information content (AvgIpc) is 2.86. The summed E-state index contributed by atoms with van der Waals surface area (Å²) in [7, 11) is 0. The van der Waals surface area contributed by atoms with Crippen LogP contribution in [0.1, 0.15) is 49.0 Å². The number of amides is 1. The molecule has 0 bridgehead atoms. The van der Waals surface area contributed by atoms with Crippen LogP contribution >= 0.6 is 23.4 Å². The van der Waals surface area contributed by atoms with Crippen LogP contribution < -0.4 is 5.32 Å². The second kappa shape index (κ2) is 9.54. The number of piperidine rings is 1. The molecular weight excluding hydrogens is 414 g/mol. The fourth-order valence-corrected chi connectivity index (χ4v) is 5.37. The van der Waals surface area contributed by atoms with Gasteiger partial charge in [0.05, 0.1) is 5.69 Å². The quantitative estimate of drug-likeness (QED) is 0.596. The minimum atomic E-state index is -0.0347. The van der Waals surface area contributed by atoms with Crippen molar-refractivity contribution in [3.63, 3.8) is 0 Å². The largest absolute Gasteiger partial charge is 0.352 e. The van der Waals surface area contributed by atoms with Crippen molar-refractivity contribution in [1.29, 1.82) is 0 Å². The first-order valence-corrected chi connectivity index (χ1v) is 11.9. The predicted molar refractivity (Wildman–Crippen MR) is 126 cm³/mol. The molecule has 2 aliphatic rings. The van der Waals surface area contributed by atoms with Gasteiger partial charge in [-0.1, -0.05) is 30.3 Å². The van der Waals surface area contributed by atoms with Crippen LogP contribution in [0.15, 0.2) is 51.2 Å². The second-order valence-electron chi connectivity index (χ2n) is 8.28. The van der Waals surface area contributed by atoms with Gasteiger partial charge in [-0.3, -0.25) is 9.79 Å². The first-order valence-electron chi connectivity index (χ1n) is 10.7. The second-order valence-corrected chi connectivity index (χ2v) is 9.80. The molecule has 1 amide bonds. The number of halogens is 1. The molecule has 0 radical (unpaired) electrons. The lowest BCUT2D eigenvalue weighted by Crippen LogP contribution is -2.36. The van der Waals surface area contributed by atoms with E-state index in [0.29, 0.717) is 17.1 Å². The number of rotatable bonds is 5. The van der Waals surface area contributed by atoms with E-state index in [0.717, 1.165) is 45.6 Å². The van der Waals surface area contributed by atoms with Crippen molar-refractivity contribution in [2.75, 3.05) is 26.2 Å². The molecule has 30 heavy (non-hydrogen) atoms. The molecule has 0 saturated carbocycles. The molecule has 158 valence electrons. The Morgan fingerprint density at radius 3 is 2.93 bits per heavy atom. The normalized spacial score (nSPS) is 18.8. The zero-order chi connectivity index (χ0) is 21.1. The fraction of sp³-hybridized carbons (Fsp3) is 0.417. The Bertz CT molecular complexity index is 975. The van der Waals surface area contributed by atoms with Crippen LogP contribution in [0.25, 0.3) is 0 Å². The van der Waals surface area contributed by atoms with Crippen molar-refractivity contribution in [3.8, 4) is 0 Å². The summed E-state index contributed by atoms with van der Waals surface area (Å²) < 4.78 is 0. The van der Waals surface area contributed by atoms with E-state index in [4.69, 9.17) is 16.6 Å². The van der Waals surface area contributed by atoms with Crippen molar-refractivity contribution in [2.24, 2.45) is 10.9 Å². The third kappa shape index (κ3) is 5.08. The molecule has 0 aliphatic carbocycles. The van der Waals surface area contributed by atoms with Gasteiger partial charge in [-0.05, 0) is 81.6 Å². The van der Waals surface area contributed by atoms with Crippen LogP contribution in [0, 0.1) is 5.92 Å². The highest BCUT2D eigenvalue weighted by Crippen LogP contribution is 2.41. The van der Waals surface area contributed by atoms with E-state index < -0.39 is 0 Å². The number of benzene rings is 2. The molecule has 2 aliphatic heterocycles. The summed E-state index contributed by atoms with van der Waals surface area (Å²) in [6, 6.07) is 11.6. The smallest absolute Gasteiger partial charge is 0.251 e. The van der Waals surface area contributed by atoms with Crippen LogP contribution in [-0.4, -0.2) is 42.7 Å². The molecule has 1 saturated heterocycles. The maximum Gasteiger partial charge on any atom is 0.251 e. The third-order valence-corrected chi connectivity index (χ3v) is 7.11. The summed E-state index contributed by atoms with van der Waals surface area (Å²) >= 11 is 7.83. The topological polar surface area (TPSA) is 44.7 Å². The Morgan fingerprint density at radius 2 is 2.10 bits per heavy atom. The van der Waals surface area contributed by atoms with Crippen LogP contribution in [-0.2, 0) is 0 Å². The van der Waals surface area contributed by atoms with E-state index in [1.165, 1.54) is 25.9 Å². The Labute approximate surface area is 188 Å². The summed E-state index contributed by atoms with van der Waals surface area (Å²) in [5.41, 5.74) is 3.44. The van der Waals surface area contributed by atoms with Gasteiger partial charge in [0.15, 0.2) is 0 Å². The van der Waals surface area contributed by atoms with E-state index in [1.54, 1.807) is 11.8 Å². The maximum absolute atomic E-state index is 12.7.